The van der Waals surface area contributed by atoms with Gasteiger partial charge in [-0.05, 0) is 37.5 Å². The molecule has 1 N–H and O–H groups in total. The minimum Gasteiger partial charge on any atom is -0.497 e. The van der Waals surface area contributed by atoms with Gasteiger partial charge >= 0.3 is 5.97 Å². The number of carbonyl (C=O) groups is 1. The molecule has 4 rings (SSSR count). The predicted molar refractivity (Wildman–Crippen MR) is 97.4 cm³/mol. The maximum Gasteiger partial charge on any atom is 0.338 e. The van der Waals surface area contributed by atoms with Crippen molar-refractivity contribution >= 4 is 11.9 Å². The van der Waals surface area contributed by atoms with E-state index in [1.54, 1.807) is 11.8 Å². The van der Waals surface area contributed by atoms with Crippen molar-refractivity contribution in [3.05, 3.63) is 47.4 Å². The summed E-state index contributed by atoms with van der Waals surface area (Å²) in [6, 6.07) is 7.12. The number of ether oxygens (including phenoxy) is 3. The molecule has 2 aliphatic heterocycles. The topological polar surface area (TPSA) is 87.5 Å². The third kappa shape index (κ3) is 3.40. The molecule has 1 aromatic heterocycles. The van der Waals surface area contributed by atoms with E-state index in [-0.39, 0.29) is 18.7 Å². The van der Waals surface area contributed by atoms with Gasteiger partial charge in [-0.2, -0.15) is 10.1 Å². The summed E-state index contributed by atoms with van der Waals surface area (Å²) in [5.74, 6) is 0.901. The molecule has 2 aliphatic rings. The van der Waals surface area contributed by atoms with E-state index < -0.39 is 6.04 Å². The number of aromatic nitrogens is 3. The van der Waals surface area contributed by atoms with Gasteiger partial charge in [0, 0.05) is 12.3 Å². The Hall–Kier alpha value is -2.87. The first-order valence-corrected chi connectivity index (χ1v) is 8.97. The number of hydrogen-bond donors (Lipinski definition) is 1. The smallest absolute Gasteiger partial charge is 0.338 e. The van der Waals surface area contributed by atoms with Gasteiger partial charge in [0.2, 0.25) is 5.95 Å². The largest absolute Gasteiger partial charge is 0.497 e. The molecule has 1 aromatic carbocycles. The Morgan fingerprint density at radius 3 is 3.11 bits per heavy atom. The zero-order valence-electron chi connectivity index (χ0n) is 15.3. The summed E-state index contributed by atoms with van der Waals surface area (Å²) < 4.78 is 18.2. The van der Waals surface area contributed by atoms with Crippen molar-refractivity contribution in [2.24, 2.45) is 0 Å². The number of benzene rings is 1. The maximum atomic E-state index is 13.0. The normalized spacial score (nSPS) is 21.6. The van der Waals surface area contributed by atoms with Gasteiger partial charge < -0.3 is 19.5 Å². The average Bonchev–Trinajstić information content (AvgIpc) is 3.36. The molecule has 142 valence electrons. The summed E-state index contributed by atoms with van der Waals surface area (Å²) in [5.41, 5.74) is 2.06. The van der Waals surface area contributed by atoms with Crippen LogP contribution in [-0.4, -0.2) is 47.2 Å². The molecule has 27 heavy (non-hydrogen) atoms. The molecule has 8 heteroatoms. The van der Waals surface area contributed by atoms with Gasteiger partial charge in [-0.25, -0.2) is 9.48 Å². The second kappa shape index (κ2) is 7.40. The molecule has 0 bridgehead atoms. The zero-order valence-corrected chi connectivity index (χ0v) is 15.3. The Balaban J connectivity index is 1.67. The van der Waals surface area contributed by atoms with E-state index in [0.29, 0.717) is 23.0 Å². The standard InChI is InChI=1S/C19H22N4O4/c1-12-16(18(24)27-10-15-7-4-8-26-15)17(23-19(22-12)20-11-21-23)13-5-3-6-14(9-13)25-2/h3,5-6,9,11,15,17H,4,7-8,10H2,1-2H3,(H,20,21,22). The number of carbonyl (C=O) groups excluding carboxylic acids is 1. The van der Waals surface area contributed by atoms with Crippen molar-refractivity contribution in [1.82, 2.24) is 14.8 Å². The number of nitrogens with zero attached hydrogens (tertiary/aromatic N) is 3. The zero-order chi connectivity index (χ0) is 18.8. The van der Waals surface area contributed by atoms with E-state index in [9.17, 15) is 4.79 Å². The predicted octanol–water partition coefficient (Wildman–Crippen LogP) is 2.30. The van der Waals surface area contributed by atoms with Gasteiger partial charge in [0.05, 0.1) is 18.8 Å². The van der Waals surface area contributed by atoms with Gasteiger partial charge in [-0.15, -0.1) is 0 Å². The van der Waals surface area contributed by atoms with Gasteiger partial charge in [0.15, 0.2) is 0 Å². The van der Waals surface area contributed by atoms with Crippen LogP contribution in [0.5, 0.6) is 5.75 Å². The van der Waals surface area contributed by atoms with Crippen molar-refractivity contribution in [2.75, 3.05) is 25.6 Å². The Labute approximate surface area is 157 Å². The number of rotatable bonds is 5. The molecule has 8 nitrogen and oxygen atoms in total. The summed E-state index contributed by atoms with van der Waals surface area (Å²) >= 11 is 0. The highest BCUT2D eigenvalue weighted by Gasteiger charge is 2.35. The Morgan fingerprint density at radius 2 is 2.33 bits per heavy atom. The Kier molecular flexibility index (Phi) is 4.81. The Bertz CT molecular complexity index is 870. The van der Waals surface area contributed by atoms with E-state index in [4.69, 9.17) is 14.2 Å². The number of nitrogens with one attached hydrogen (secondary N) is 1. The minimum atomic E-state index is -0.448. The van der Waals surface area contributed by atoms with Crippen LogP contribution in [0.15, 0.2) is 41.9 Å². The van der Waals surface area contributed by atoms with E-state index in [2.05, 4.69) is 15.4 Å². The quantitative estimate of drug-likeness (QED) is 0.808. The van der Waals surface area contributed by atoms with E-state index in [1.165, 1.54) is 6.33 Å². The molecule has 0 saturated carbocycles. The minimum absolute atomic E-state index is 0.0244. The highest BCUT2D eigenvalue weighted by Crippen LogP contribution is 2.36. The summed E-state index contributed by atoms with van der Waals surface area (Å²) in [4.78, 5) is 17.2. The highest BCUT2D eigenvalue weighted by atomic mass is 16.6. The number of methoxy groups -OCH3 is 1. The molecule has 1 fully saturated rings. The lowest BCUT2D eigenvalue weighted by Crippen LogP contribution is -2.30. The molecule has 1 saturated heterocycles. The van der Waals surface area contributed by atoms with E-state index >= 15 is 0 Å². The first-order valence-electron chi connectivity index (χ1n) is 8.97. The van der Waals surface area contributed by atoms with Crippen LogP contribution in [0.4, 0.5) is 5.95 Å². The van der Waals surface area contributed by atoms with Gasteiger partial charge in [0.25, 0.3) is 0 Å². The van der Waals surface area contributed by atoms with Crippen molar-refractivity contribution in [1.29, 1.82) is 0 Å². The van der Waals surface area contributed by atoms with Crippen LogP contribution in [0.3, 0.4) is 0 Å². The fourth-order valence-corrected chi connectivity index (χ4v) is 3.50. The second-order valence-electron chi connectivity index (χ2n) is 6.60. The van der Waals surface area contributed by atoms with Gasteiger partial charge in [-0.3, -0.25) is 0 Å². The molecule has 2 atom stereocenters. The lowest BCUT2D eigenvalue weighted by Gasteiger charge is -2.28. The third-order valence-corrected chi connectivity index (χ3v) is 4.85. The fourth-order valence-electron chi connectivity index (χ4n) is 3.50. The van der Waals surface area contributed by atoms with Crippen molar-refractivity contribution < 1.29 is 19.0 Å². The van der Waals surface area contributed by atoms with Crippen LogP contribution in [0.1, 0.15) is 31.4 Å². The SMILES string of the molecule is COc1cccc(C2C(C(=O)OCC3CCCO3)=C(C)Nc3ncnn32)c1. The molecule has 0 amide bonds. The fraction of sp³-hybridized carbons (Fsp3) is 0.421. The van der Waals surface area contributed by atoms with E-state index in [0.717, 1.165) is 25.0 Å². The summed E-state index contributed by atoms with van der Waals surface area (Å²) in [7, 11) is 1.61. The van der Waals surface area contributed by atoms with E-state index in [1.807, 2.05) is 31.2 Å². The van der Waals surface area contributed by atoms with Crippen LogP contribution >= 0.6 is 0 Å². The van der Waals surface area contributed by atoms with Crippen molar-refractivity contribution in [2.45, 2.75) is 31.9 Å². The average molecular weight is 370 g/mol. The van der Waals surface area contributed by atoms with Crippen molar-refractivity contribution in [3.63, 3.8) is 0 Å². The second-order valence-corrected chi connectivity index (χ2v) is 6.60. The highest BCUT2D eigenvalue weighted by molar-refractivity contribution is 5.92. The maximum absolute atomic E-state index is 13.0. The summed E-state index contributed by atoms with van der Waals surface area (Å²) in [6.07, 6.45) is 3.35. The third-order valence-electron chi connectivity index (χ3n) is 4.85. The molecule has 0 radical (unpaired) electrons. The first kappa shape index (κ1) is 17.5. The molecule has 2 aromatic rings. The van der Waals surface area contributed by atoms with Crippen LogP contribution in [0, 0.1) is 0 Å². The number of esters is 1. The molecule has 2 unspecified atom stereocenters. The molecule has 3 heterocycles. The Morgan fingerprint density at radius 1 is 1.44 bits per heavy atom. The van der Waals surface area contributed by atoms with Gasteiger partial charge in [0.1, 0.15) is 24.7 Å². The number of fused-ring (bicyclic) bond motifs is 1. The number of anilines is 1. The van der Waals surface area contributed by atoms with Crippen LogP contribution < -0.4 is 10.1 Å². The van der Waals surface area contributed by atoms with Crippen LogP contribution in [0.25, 0.3) is 0 Å². The first-order chi connectivity index (χ1) is 13.2. The van der Waals surface area contributed by atoms with Gasteiger partial charge in [-0.1, -0.05) is 12.1 Å². The number of hydrogen-bond acceptors (Lipinski definition) is 7. The van der Waals surface area contributed by atoms with Crippen LogP contribution in [-0.2, 0) is 14.3 Å². The molecular formula is C19H22N4O4. The summed E-state index contributed by atoms with van der Waals surface area (Å²) in [6.45, 7) is 2.82. The molecular weight excluding hydrogens is 348 g/mol. The molecule has 0 spiro atoms. The lowest BCUT2D eigenvalue weighted by molar-refractivity contribution is -0.142. The van der Waals surface area contributed by atoms with Crippen molar-refractivity contribution in [3.8, 4) is 5.75 Å². The molecule has 0 aliphatic carbocycles. The monoisotopic (exact) mass is 370 g/mol. The lowest BCUT2D eigenvalue weighted by atomic mass is 9.95. The summed E-state index contributed by atoms with van der Waals surface area (Å²) in [5, 5.41) is 7.44. The van der Waals surface area contributed by atoms with Crippen LogP contribution in [0.2, 0.25) is 0 Å². The number of allylic oxidation sites excluding steroid dienone is 1.